The second kappa shape index (κ2) is 4.98. The molecule has 0 unspecified atom stereocenters. The highest BCUT2D eigenvalue weighted by atomic mass is 35.5. The van der Waals surface area contributed by atoms with Crippen LogP contribution in [0.4, 0.5) is 5.69 Å². The van der Waals surface area contributed by atoms with E-state index in [4.69, 9.17) is 23.2 Å². The maximum Gasteiger partial charge on any atom is 0.0825 e. The van der Waals surface area contributed by atoms with Gasteiger partial charge in [0.25, 0.3) is 0 Å². The molecular formula is C12H13Cl2N3. The minimum atomic E-state index is 0.648. The Morgan fingerprint density at radius 3 is 2.35 bits per heavy atom. The number of rotatable bonds is 3. The fourth-order valence-corrected chi connectivity index (χ4v) is 2.29. The lowest BCUT2D eigenvalue weighted by molar-refractivity contribution is 1.02. The SMILES string of the molecule is Cc1n[nH]c(C)c1NCc1cc(Cl)cc(Cl)c1. The molecule has 1 aromatic carbocycles. The summed E-state index contributed by atoms with van der Waals surface area (Å²) in [5.74, 6) is 0. The molecule has 0 spiro atoms. The lowest BCUT2D eigenvalue weighted by atomic mass is 10.2. The first-order valence-corrected chi connectivity index (χ1v) is 6.02. The Hall–Kier alpha value is -1.19. The standard InChI is InChI=1S/C12H13Cl2N3/c1-7-12(8(2)17-16-7)15-6-9-3-10(13)5-11(14)4-9/h3-5,15H,6H2,1-2H3,(H,16,17). The Balaban J connectivity index is 2.12. The van der Waals surface area contributed by atoms with Crippen molar-refractivity contribution in [1.29, 1.82) is 0 Å². The molecule has 0 atom stereocenters. The second-order valence-electron chi connectivity index (χ2n) is 3.94. The summed E-state index contributed by atoms with van der Waals surface area (Å²) in [7, 11) is 0. The van der Waals surface area contributed by atoms with E-state index >= 15 is 0 Å². The Kier molecular flexibility index (Phi) is 3.60. The van der Waals surface area contributed by atoms with Gasteiger partial charge in [-0.3, -0.25) is 5.10 Å². The minimum Gasteiger partial charge on any atom is -0.378 e. The molecule has 0 amide bonds. The number of nitrogens with one attached hydrogen (secondary N) is 2. The van der Waals surface area contributed by atoms with Crippen LogP contribution in [0.2, 0.25) is 10.0 Å². The molecular weight excluding hydrogens is 257 g/mol. The summed E-state index contributed by atoms with van der Waals surface area (Å²) in [6.07, 6.45) is 0. The van der Waals surface area contributed by atoms with Crippen LogP contribution in [-0.4, -0.2) is 10.2 Å². The van der Waals surface area contributed by atoms with Crippen molar-refractivity contribution in [3.8, 4) is 0 Å². The molecule has 0 aliphatic carbocycles. The Labute approximate surface area is 110 Å². The number of halogens is 2. The van der Waals surface area contributed by atoms with Crippen LogP contribution in [0.25, 0.3) is 0 Å². The normalized spacial score (nSPS) is 10.6. The fourth-order valence-electron chi connectivity index (χ4n) is 1.71. The van der Waals surface area contributed by atoms with Crippen LogP contribution in [0.1, 0.15) is 17.0 Å². The first kappa shape index (κ1) is 12.3. The van der Waals surface area contributed by atoms with Gasteiger partial charge >= 0.3 is 0 Å². The molecule has 1 aromatic heterocycles. The Morgan fingerprint density at radius 2 is 1.82 bits per heavy atom. The van der Waals surface area contributed by atoms with Gasteiger partial charge in [-0.05, 0) is 37.6 Å². The maximum absolute atomic E-state index is 5.94. The molecule has 5 heteroatoms. The third-order valence-electron chi connectivity index (χ3n) is 2.52. The molecule has 2 aromatic rings. The predicted molar refractivity (Wildman–Crippen MR) is 71.9 cm³/mol. The summed E-state index contributed by atoms with van der Waals surface area (Å²) in [5.41, 5.74) is 4.05. The van der Waals surface area contributed by atoms with Crippen LogP contribution in [-0.2, 0) is 6.54 Å². The van der Waals surface area contributed by atoms with Gasteiger partial charge in [0.15, 0.2) is 0 Å². The predicted octanol–water partition coefficient (Wildman–Crippen LogP) is 3.95. The molecule has 0 aliphatic rings. The molecule has 2 rings (SSSR count). The van der Waals surface area contributed by atoms with E-state index in [1.807, 2.05) is 26.0 Å². The highest BCUT2D eigenvalue weighted by molar-refractivity contribution is 6.34. The van der Waals surface area contributed by atoms with Gasteiger partial charge in [0.2, 0.25) is 0 Å². The van der Waals surface area contributed by atoms with Crippen LogP contribution in [0.15, 0.2) is 18.2 Å². The van der Waals surface area contributed by atoms with Gasteiger partial charge in [-0.15, -0.1) is 0 Å². The fraction of sp³-hybridized carbons (Fsp3) is 0.250. The number of hydrogen-bond acceptors (Lipinski definition) is 2. The van der Waals surface area contributed by atoms with Gasteiger partial charge in [0, 0.05) is 16.6 Å². The van der Waals surface area contributed by atoms with E-state index in [0.717, 1.165) is 22.6 Å². The van der Waals surface area contributed by atoms with E-state index < -0.39 is 0 Å². The molecule has 0 radical (unpaired) electrons. The quantitative estimate of drug-likeness (QED) is 0.886. The van der Waals surface area contributed by atoms with Crippen molar-refractivity contribution in [3.63, 3.8) is 0 Å². The van der Waals surface area contributed by atoms with Crippen molar-refractivity contribution in [2.45, 2.75) is 20.4 Å². The van der Waals surface area contributed by atoms with Crippen molar-refractivity contribution in [3.05, 3.63) is 45.2 Å². The van der Waals surface area contributed by atoms with Gasteiger partial charge in [-0.1, -0.05) is 23.2 Å². The molecule has 1 heterocycles. The summed E-state index contributed by atoms with van der Waals surface area (Å²) in [5, 5.41) is 11.7. The lowest BCUT2D eigenvalue weighted by Gasteiger charge is -2.07. The van der Waals surface area contributed by atoms with Gasteiger partial charge in [-0.2, -0.15) is 5.10 Å². The van der Waals surface area contributed by atoms with Crippen LogP contribution in [0.5, 0.6) is 0 Å². The smallest absolute Gasteiger partial charge is 0.0825 e. The lowest BCUT2D eigenvalue weighted by Crippen LogP contribution is -2.01. The van der Waals surface area contributed by atoms with E-state index in [0.29, 0.717) is 16.6 Å². The Morgan fingerprint density at radius 1 is 1.18 bits per heavy atom. The van der Waals surface area contributed by atoms with E-state index in [9.17, 15) is 0 Å². The summed E-state index contributed by atoms with van der Waals surface area (Å²) in [6.45, 7) is 4.60. The number of nitrogens with zero attached hydrogens (tertiary/aromatic N) is 1. The average molecular weight is 270 g/mol. The second-order valence-corrected chi connectivity index (χ2v) is 4.81. The van der Waals surface area contributed by atoms with Gasteiger partial charge in [0.1, 0.15) is 0 Å². The van der Waals surface area contributed by atoms with Gasteiger partial charge in [0.05, 0.1) is 17.1 Å². The number of benzene rings is 1. The number of aromatic amines is 1. The molecule has 2 N–H and O–H groups in total. The first-order valence-electron chi connectivity index (χ1n) is 5.26. The van der Waals surface area contributed by atoms with E-state index in [1.54, 1.807) is 6.07 Å². The molecule has 0 bridgehead atoms. The van der Waals surface area contributed by atoms with E-state index in [1.165, 1.54) is 0 Å². The van der Waals surface area contributed by atoms with Crippen LogP contribution in [0.3, 0.4) is 0 Å². The van der Waals surface area contributed by atoms with Crippen molar-refractivity contribution in [1.82, 2.24) is 10.2 Å². The number of aromatic nitrogens is 2. The highest BCUT2D eigenvalue weighted by Gasteiger charge is 2.05. The molecule has 90 valence electrons. The number of anilines is 1. The van der Waals surface area contributed by atoms with Crippen LogP contribution >= 0.6 is 23.2 Å². The number of hydrogen-bond donors (Lipinski definition) is 2. The van der Waals surface area contributed by atoms with Crippen molar-refractivity contribution >= 4 is 28.9 Å². The minimum absolute atomic E-state index is 0.648. The topological polar surface area (TPSA) is 40.7 Å². The number of H-pyrrole nitrogens is 1. The van der Waals surface area contributed by atoms with Crippen LogP contribution < -0.4 is 5.32 Å². The zero-order valence-corrected chi connectivity index (χ0v) is 11.2. The average Bonchev–Trinajstić information content (AvgIpc) is 2.55. The molecule has 0 saturated carbocycles. The van der Waals surface area contributed by atoms with Crippen molar-refractivity contribution < 1.29 is 0 Å². The molecule has 0 saturated heterocycles. The van der Waals surface area contributed by atoms with Crippen LogP contribution in [0, 0.1) is 13.8 Å². The van der Waals surface area contributed by atoms with Gasteiger partial charge < -0.3 is 5.32 Å². The Bertz CT molecular complexity index is 495. The molecule has 17 heavy (non-hydrogen) atoms. The monoisotopic (exact) mass is 269 g/mol. The summed E-state index contributed by atoms with van der Waals surface area (Å²) < 4.78 is 0. The van der Waals surface area contributed by atoms with Crippen molar-refractivity contribution in [2.24, 2.45) is 0 Å². The molecule has 0 aliphatic heterocycles. The van der Waals surface area contributed by atoms with Crippen molar-refractivity contribution in [2.75, 3.05) is 5.32 Å². The molecule has 3 nitrogen and oxygen atoms in total. The number of aryl methyl sites for hydroxylation is 2. The largest absolute Gasteiger partial charge is 0.378 e. The van der Waals surface area contributed by atoms with Gasteiger partial charge in [-0.25, -0.2) is 0 Å². The summed E-state index contributed by atoms with van der Waals surface area (Å²) >= 11 is 11.9. The molecule has 0 fully saturated rings. The summed E-state index contributed by atoms with van der Waals surface area (Å²) in [4.78, 5) is 0. The summed E-state index contributed by atoms with van der Waals surface area (Å²) in [6, 6.07) is 5.51. The third kappa shape index (κ3) is 2.93. The zero-order valence-electron chi connectivity index (χ0n) is 9.64. The van der Waals surface area contributed by atoms with E-state index in [2.05, 4.69) is 15.5 Å². The first-order chi connectivity index (χ1) is 8.06. The third-order valence-corrected chi connectivity index (χ3v) is 2.96. The zero-order chi connectivity index (χ0) is 12.4. The highest BCUT2D eigenvalue weighted by Crippen LogP contribution is 2.21. The maximum atomic E-state index is 5.94. The van der Waals surface area contributed by atoms with E-state index in [-0.39, 0.29) is 0 Å².